The number of nitrogens with zero attached hydrogens (tertiary/aromatic N) is 2. The third kappa shape index (κ3) is 3.52. The standard InChI is InChI=1S/C12H23N3O/c1-5-6-7-15-11(3)12(8-13-15)14-10(2)9-16-4/h8,10,14H,5-7,9H2,1-4H3. The third-order valence-corrected chi connectivity index (χ3v) is 2.65. The van der Waals surface area contributed by atoms with Crippen LogP contribution >= 0.6 is 0 Å². The molecule has 4 nitrogen and oxygen atoms in total. The third-order valence-electron chi connectivity index (χ3n) is 2.65. The molecule has 0 saturated carbocycles. The van der Waals surface area contributed by atoms with Gasteiger partial charge in [0.2, 0.25) is 0 Å². The largest absolute Gasteiger partial charge is 0.383 e. The van der Waals surface area contributed by atoms with Crippen molar-refractivity contribution < 1.29 is 4.74 Å². The Hall–Kier alpha value is -1.03. The van der Waals surface area contributed by atoms with E-state index in [0.717, 1.165) is 12.2 Å². The predicted octanol–water partition coefficient (Wildman–Crippen LogP) is 2.44. The summed E-state index contributed by atoms with van der Waals surface area (Å²) in [5.41, 5.74) is 2.32. The van der Waals surface area contributed by atoms with Crippen LogP contribution < -0.4 is 5.32 Å². The number of nitrogens with one attached hydrogen (secondary N) is 1. The van der Waals surface area contributed by atoms with E-state index in [0.29, 0.717) is 12.6 Å². The molecule has 0 aromatic carbocycles. The van der Waals surface area contributed by atoms with Crippen molar-refractivity contribution in [2.75, 3.05) is 19.0 Å². The Balaban J connectivity index is 2.57. The summed E-state index contributed by atoms with van der Waals surface area (Å²) in [6.07, 6.45) is 4.27. The van der Waals surface area contributed by atoms with Crippen molar-refractivity contribution in [1.29, 1.82) is 0 Å². The van der Waals surface area contributed by atoms with Crippen LogP contribution in [0.2, 0.25) is 0 Å². The molecule has 0 bridgehead atoms. The number of anilines is 1. The van der Waals surface area contributed by atoms with E-state index in [1.807, 2.05) is 6.20 Å². The number of aryl methyl sites for hydroxylation is 1. The zero-order valence-electron chi connectivity index (χ0n) is 10.8. The second-order valence-electron chi connectivity index (χ2n) is 4.22. The van der Waals surface area contributed by atoms with Gasteiger partial charge in [-0.1, -0.05) is 13.3 Å². The normalized spacial score (nSPS) is 12.8. The van der Waals surface area contributed by atoms with Gasteiger partial charge in [-0.3, -0.25) is 4.68 Å². The summed E-state index contributed by atoms with van der Waals surface area (Å²) in [5, 5.41) is 7.78. The SMILES string of the molecule is CCCCn1ncc(NC(C)COC)c1C. The minimum absolute atomic E-state index is 0.313. The Labute approximate surface area is 98.0 Å². The number of rotatable bonds is 7. The minimum Gasteiger partial charge on any atom is -0.383 e. The molecule has 1 N–H and O–H groups in total. The molecule has 4 heteroatoms. The molecule has 0 fully saturated rings. The van der Waals surface area contributed by atoms with E-state index in [9.17, 15) is 0 Å². The summed E-state index contributed by atoms with van der Waals surface area (Å²) in [4.78, 5) is 0. The van der Waals surface area contributed by atoms with Gasteiger partial charge in [-0.2, -0.15) is 5.10 Å². The molecule has 1 aromatic heterocycles. The number of unbranched alkanes of at least 4 members (excludes halogenated alkanes) is 1. The van der Waals surface area contributed by atoms with Gasteiger partial charge < -0.3 is 10.1 Å². The monoisotopic (exact) mass is 225 g/mol. The molecule has 0 aliphatic rings. The van der Waals surface area contributed by atoms with Crippen molar-refractivity contribution in [3.8, 4) is 0 Å². The average Bonchev–Trinajstić information content (AvgIpc) is 2.58. The lowest BCUT2D eigenvalue weighted by atomic mass is 10.3. The topological polar surface area (TPSA) is 39.1 Å². The van der Waals surface area contributed by atoms with Crippen molar-refractivity contribution in [1.82, 2.24) is 9.78 Å². The average molecular weight is 225 g/mol. The molecule has 1 heterocycles. The quantitative estimate of drug-likeness (QED) is 0.774. The second kappa shape index (κ2) is 6.53. The maximum absolute atomic E-state index is 5.10. The van der Waals surface area contributed by atoms with Crippen LogP contribution in [0.4, 0.5) is 5.69 Å². The molecular formula is C12H23N3O. The first-order valence-electron chi connectivity index (χ1n) is 5.97. The summed E-state index contributed by atoms with van der Waals surface area (Å²) in [7, 11) is 1.72. The molecule has 0 spiro atoms. The zero-order chi connectivity index (χ0) is 12.0. The Morgan fingerprint density at radius 3 is 2.94 bits per heavy atom. The Bertz CT molecular complexity index is 309. The van der Waals surface area contributed by atoms with Gasteiger partial charge in [0, 0.05) is 19.7 Å². The van der Waals surface area contributed by atoms with Gasteiger partial charge >= 0.3 is 0 Å². The van der Waals surface area contributed by atoms with Crippen LogP contribution in [0, 0.1) is 6.92 Å². The molecule has 1 atom stereocenters. The van der Waals surface area contributed by atoms with E-state index in [4.69, 9.17) is 4.74 Å². The van der Waals surface area contributed by atoms with Crippen LogP contribution in [0.1, 0.15) is 32.4 Å². The summed E-state index contributed by atoms with van der Waals surface area (Å²) >= 11 is 0. The number of aromatic nitrogens is 2. The van der Waals surface area contributed by atoms with Crippen molar-refractivity contribution in [2.24, 2.45) is 0 Å². The molecule has 16 heavy (non-hydrogen) atoms. The fraction of sp³-hybridized carbons (Fsp3) is 0.750. The predicted molar refractivity (Wildman–Crippen MR) is 66.8 cm³/mol. The van der Waals surface area contributed by atoms with Crippen molar-refractivity contribution in [2.45, 2.75) is 46.2 Å². The Kier molecular flexibility index (Phi) is 5.32. The van der Waals surface area contributed by atoms with Crippen LogP contribution in [-0.2, 0) is 11.3 Å². The first-order chi connectivity index (χ1) is 7.69. The zero-order valence-corrected chi connectivity index (χ0v) is 10.8. The van der Waals surface area contributed by atoms with Gasteiger partial charge in [-0.05, 0) is 20.3 Å². The minimum atomic E-state index is 0.313. The summed E-state index contributed by atoms with van der Waals surface area (Å²) < 4.78 is 7.16. The Morgan fingerprint density at radius 1 is 1.56 bits per heavy atom. The molecule has 0 amide bonds. The molecular weight excluding hydrogens is 202 g/mol. The summed E-state index contributed by atoms with van der Waals surface area (Å²) in [5.74, 6) is 0. The summed E-state index contributed by atoms with van der Waals surface area (Å²) in [6, 6.07) is 0.313. The molecule has 92 valence electrons. The van der Waals surface area contributed by atoms with E-state index in [-0.39, 0.29) is 0 Å². The number of hydrogen-bond donors (Lipinski definition) is 1. The van der Waals surface area contributed by atoms with Crippen LogP contribution in [0.25, 0.3) is 0 Å². The lowest BCUT2D eigenvalue weighted by molar-refractivity contribution is 0.190. The lowest BCUT2D eigenvalue weighted by Crippen LogP contribution is -2.21. The van der Waals surface area contributed by atoms with Crippen LogP contribution in [0.3, 0.4) is 0 Å². The highest BCUT2D eigenvalue weighted by atomic mass is 16.5. The highest BCUT2D eigenvalue weighted by Crippen LogP contribution is 2.15. The van der Waals surface area contributed by atoms with Crippen LogP contribution in [0.5, 0.6) is 0 Å². The molecule has 0 aliphatic heterocycles. The van der Waals surface area contributed by atoms with Crippen LogP contribution in [-0.4, -0.2) is 29.5 Å². The molecule has 0 radical (unpaired) electrons. The molecule has 1 rings (SSSR count). The van der Waals surface area contributed by atoms with E-state index in [2.05, 4.69) is 35.9 Å². The maximum atomic E-state index is 5.10. The van der Waals surface area contributed by atoms with Gasteiger partial charge in [0.15, 0.2) is 0 Å². The van der Waals surface area contributed by atoms with Gasteiger partial charge in [0.05, 0.1) is 24.2 Å². The summed E-state index contributed by atoms with van der Waals surface area (Å²) in [6.45, 7) is 8.11. The van der Waals surface area contributed by atoms with Crippen molar-refractivity contribution in [3.05, 3.63) is 11.9 Å². The Morgan fingerprint density at radius 2 is 2.31 bits per heavy atom. The highest BCUT2D eigenvalue weighted by Gasteiger charge is 2.08. The molecule has 0 aliphatic carbocycles. The van der Waals surface area contributed by atoms with Crippen molar-refractivity contribution >= 4 is 5.69 Å². The van der Waals surface area contributed by atoms with Gasteiger partial charge in [-0.15, -0.1) is 0 Å². The van der Waals surface area contributed by atoms with Crippen LogP contribution in [0.15, 0.2) is 6.20 Å². The van der Waals surface area contributed by atoms with E-state index in [1.54, 1.807) is 7.11 Å². The van der Waals surface area contributed by atoms with Gasteiger partial charge in [0.1, 0.15) is 0 Å². The van der Waals surface area contributed by atoms with Gasteiger partial charge in [-0.25, -0.2) is 0 Å². The molecule has 1 unspecified atom stereocenters. The lowest BCUT2D eigenvalue weighted by Gasteiger charge is -2.13. The van der Waals surface area contributed by atoms with E-state index >= 15 is 0 Å². The van der Waals surface area contributed by atoms with E-state index in [1.165, 1.54) is 18.5 Å². The van der Waals surface area contributed by atoms with E-state index < -0.39 is 0 Å². The fourth-order valence-electron chi connectivity index (χ4n) is 1.68. The number of methoxy groups -OCH3 is 1. The molecule has 1 aromatic rings. The van der Waals surface area contributed by atoms with Gasteiger partial charge in [0.25, 0.3) is 0 Å². The fourth-order valence-corrected chi connectivity index (χ4v) is 1.68. The second-order valence-corrected chi connectivity index (χ2v) is 4.22. The maximum Gasteiger partial charge on any atom is 0.0759 e. The van der Waals surface area contributed by atoms with Crippen molar-refractivity contribution in [3.63, 3.8) is 0 Å². The number of hydrogen-bond acceptors (Lipinski definition) is 3. The smallest absolute Gasteiger partial charge is 0.0759 e. The first kappa shape index (κ1) is 13.0. The first-order valence-corrected chi connectivity index (χ1v) is 5.97. The highest BCUT2D eigenvalue weighted by molar-refractivity contribution is 5.46. The molecule has 0 saturated heterocycles. The number of ether oxygens (including phenoxy) is 1.